The summed E-state index contributed by atoms with van der Waals surface area (Å²) < 4.78 is 4.91. The van der Waals surface area contributed by atoms with Crippen LogP contribution in [0, 0.1) is 0 Å². The minimum atomic E-state index is 0.703. The number of benzene rings is 10. The number of fused-ring (bicyclic) bond motifs is 14. The minimum absolute atomic E-state index is 0.703. The SMILES string of the molecule is c1ccc(-c2nc(-c3cccc(-n4c5ccccc5c5c4ccc4c6ccccc6n(-c6ccc7c8ccccc8c8ccccc8c7c6)c45)c3)nc3ccccc23)cc1. The van der Waals surface area contributed by atoms with Crippen molar-refractivity contribution in [2.24, 2.45) is 0 Å². The highest BCUT2D eigenvalue weighted by Gasteiger charge is 2.22. The second kappa shape index (κ2) is 12.7. The molecule has 13 aromatic rings. The van der Waals surface area contributed by atoms with E-state index in [0.29, 0.717) is 5.82 Å². The van der Waals surface area contributed by atoms with Gasteiger partial charge in [-0.2, -0.15) is 0 Å². The topological polar surface area (TPSA) is 35.6 Å². The van der Waals surface area contributed by atoms with E-state index in [1.807, 2.05) is 12.1 Å². The number of hydrogen-bond donors (Lipinski definition) is 0. The highest BCUT2D eigenvalue weighted by atomic mass is 15.0. The Morgan fingerprint density at radius 3 is 1.60 bits per heavy atom. The summed E-state index contributed by atoms with van der Waals surface area (Å²) >= 11 is 0. The first-order chi connectivity index (χ1) is 29.8. The fourth-order valence-electron chi connectivity index (χ4n) is 9.90. The van der Waals surface area contributed by atoms with E-state index in [0.717, 1.165) is 50.1 Å². The van der Waals surface area contributed by atoms with Gasteiger partial charge >= 0.3 is 0 Å². The third-order valence-electron chi connectivity index (χ3n) is 12.5. The number of rotatable bonds is 4. The molecule has 13 rings (SSSR count). The van der Waals surface area contributed by atoms with Crippen LogP contribution in [0.25, 0.3) is 121 Å². The summed E-state index contributed by atoms with van der Waals surface area (Å²) in [7, 11) is 0. The van der Waals surface area contributed by atoms with Crippen molar-refractivity contribution < 1.29 is 0 Å². The molecule has 3 aromatic heterocycles. The van der Waals surface area contributed by atoms with E-state index < -0.39 is 0 Å². The van der Waals surface area contributed by atoms with E-state index in [1.165, 1.54) is 64.9 Å². The maximum absolute atomic E-state index is 5.23. The lowest BCUT2D eigenvalue weighted by Gasteiger charge is -2.14. The van der Waals surface area contributed by atoms with E-state index in [9.17, 15) is 0 Å². The van der Waals surface area contributed by atoms with Crippen molar-refractivity contribution in [3.8, 4) is 34.0 Å². The smallest absolute Gasteiger partial charge is 0.160 e. The Kier molecular flexibility index (Phi) is 6.98. The molecule has 0 aliphatic carbocycles. The van der Waals surface area contributed by atoms with Crippen LogP contribution < -0.4 is 0 Å². The maximum atomic E-state index is 5.23. The van der Waals surface area contributed by atoms with E-state index in [4.69, 9.17) is 9.97 Å². The molecule has 10 aromatic carbocycles. The minimum Gasteiger partial charge on any atom is -0.309 e. The molecular weight excluding hydrogens is 729 g/mol. The van der Waals surface area contributed by atoms with Gasteiger partial charge in [-0.15, -0.1) is 0 Å². The van der Waals surface area contributed by atoms with Gasteiger partial charge < -0.3 is 9.13 Å². The predicted octanol–water partition coefficient (Wildman–Crippen LogP) is 14.6. The Labute approximate surface area is 344 Å². The Morgan fingerprint density at radius 2 is 0.850 bits per heavy atom. The van der Waals surface area contributed by atoms with Gasteiger partial charge in [-0.3, -0.25) is 0 Å². The largest absolute Gasteiger partial charge is 0.309 e. The maximum Gasteiger partial charge on any atom is 0.160 e. The third-order valence-corrected chi connectivity index (χ3v) is 12.5. The van der Waals surface area contributed by atoms with E-state index in [2.05, 4.69) is 203 Å². The van der Waals surface area contributed by atoms with Crippen molar-refractivity contribution in [2.75, 3.05) is 0 Å². The third kappa shape index (κ3) is 4.73. The second-order valence-electron chi connectivity index (χ2n) is 15.7. The molecule has 60 heavy (non-hydrogen) atoms. The van der Waals surface area contributed by atoms with Crippen LogP contribution in [0.2, 0.25) is 0 Å². The van der Waals surface area contributed by atoms with Gasteiger partial charge in [0.25, 0.3) is 0 Å². The van der Waals surface area contributed by atoms with Gasteiger partial charge in [-0.05, 0) is 80.8 Å². The molecule has 0 saturated heterocycles. The Balaban J connectivity index is 1.08. The zero-order chi connectivity index (χ0) is 39.3. The summed E-state index contributed by atoms with van der Waals surface area (Å²) in [5.74, 6) is 0.703. The van der Waals surface area contributed by atoms with Crippen LogP contribution in [0.3, 0.4) is 0 Å². The zero-order valence-corrected chi connectivity index (χ0v) is 32.4. The lowest BCUT2D eigenvalue weighted by atomic mass is 9.94. The summed E-state index contributed by atoms with van der Waals surface area (Å²) in [6, 6.07) is 74.4. The van der Waals surface area contributed by atoms with Crippen molar-refractivity contribution in [1.82, 2.24) is 19.1 Å². The molecule has 0 amide bonds. The van der Waals surface area contributed by atoms with Crippen molar-refractivity contribution in [1.29, 1.82) is 0 Å². The number of hydrogen-bond acceptors (Lipinski definition) is 2. The van der Waals surface area contributed by atoms with Crippen molar-refractivity contribution in [3.05, 3.63) is 206 Å². The fourth-order valence-corrected chi connectivity index (χ4v) is 9.90. The molecule has 0 N–H and O–H groups in total. The number of para-hydroxylation sites is 3. The molecule has 278 valence electrons. The lowest BCUT2D eigenvalue weighted by molar-refractivity contribution is 1.17. The van der Waals surface area contributed by atoms with Gasteiger partial charge in [0, 0.05) is 49.4 Å². The van der Waals surface area contributed by atoms with Crippen molar-refractivity contribution >= 4 is 86.8 Å². The van der Waals surface area contributed by atoms with Gasteiger partial charge in [0.1, 0.15) is 0 Å². The van der Waals surface area contributed by atoms with Gasteiger partial charge in [0.2, 0.25) is 0 Å². The van der Waals surface area contributed by atoms with Crippen LogP contribution in [0.5, 0.6) is 0 Å². The predicted molar refractivity (Wildman–Crippen MR) is 252 cm³/mol. The first-order valence-electron chi connectivity index (χ1n) is 20.5. The molecule has 0 radical (unpaired) electrons. The van der Waals surface area contributed by atoms with Crippen LogP contribution in [0.15, 0.2) is 206 Å². The summed E-state index contributed by atoms with van der Waals surface area (Å²) in [6.45, 7) is 0. The van der Waals surface area contributed by atoms with Gasteiger partial charge in [-0.1, -0.05) is 158 Å². The first-order valence-corrected chi connectivity index (χ1v) is 20.5. The average Bonchev–Trinajstić information content (AvgIpc) is 3.84. The molecule has 4 heteroatoms. The number of aromatic nitrogens is 4. The quantitative estimate of drug-likeness (QED) is 0.167. The monoisotopic (exact) mass is 762 g/mol. The summed E-state index contributed by atoms with van der Waals surface area (Å²) in [5, 5.41) is 13.6. The Morgan fingerprint density at radius 1 is 0.300 bits per heavy atom. The molecule has 0 unspecified atom stereocenters. The zero-order valence-electron chi connectivity index (χ0n) is 32.4. The normalized spacial score (nSPS) is 12.0. The van der Waals surface area contributed by atoms with Crippen LogP contribution in [-0.4, -0.2) is 19.1 Å². The molecule has 0 aliphatic rings. The van der Waals surface area contributed by atoms with Crippen molar-refractivity contribution in [3.63, 3.8) is 0 Å². The molecule has 0 aliphatic heterocycles. The summed E-state index contributed by atoms with van der Waals surface area (Å²) in [6.07, 6.45) is 0. The van der Waals surface area contributed by atoms with E-state index in [1.54, 1.807) is 0 Å². The van der Waals surface area contributed by atoms with E-state index in [-0.39, 0.29) is 0 Å². The molecule has 0 spiro atoms. The Bertz CT molecular complexity index is 3860. The standard InChI is InChI=1S/C56H34N4/c1-2-15-35(16-3-1)54-46-24-8-11-26-49(46)57-56(58-54)36-17-14-18-37(33-36)59-51-28-13-10-25-47(51)53-52(59)32-31-45-44-23-9-12-27-50(44)60(55(45)53)38-29-30-43-41-21-5-4-19-39(41)40-20-6-7-22-42(40)48(43)34-38/h1-34H. The van der Waals surface area contributed by atoms with Crippen molar-refractivity contribution in [2.45, 2.75) is 0 Å². The highest BCUT2D eigenvalue weighted by molar-refractivity contribution is 6.28. The fraction of sp³-hybridized carbons (Fsp3) is 0. The molecule has 0 atom stereocenters. The molecule has 0 fully saturated rings. The molecule has 0 bridgehead atoms. The average molecular weight is 763 g/mol. The first kappa shape index (κ1) is 32.9. The molecule has 4 nitrogen and oxygen atoms in total. The highest BCUT2D eigenvalue weighted by Crippen LogP contribution is 2.44. The molecule has 3 heterocycles. The van der Waals surface area contributed by atoms with Crippen LogP contribution in [0.4, 0.5) is 0 Å². The summed E-state index contributed by atoms with van der Waals surface area (Å²) in [4.78, 5) is 10.4. The number of nitrogens with zero attached hydrogens (tertiary/aromatic N) is 4. The Hall–Kier alpha value is -8.08. The van der Waals surface area contributed by atoms with Crippen LogP contribution >= 0.6 is 0 Å². The molecule has 0 saturated carbocycles. The van der Waals surface area contributed by atoms with Crippen LogP contribution in [0.1, 0.15) is 0 Å². The van der Waals surface area contributed by atoms with Gasteiger partial charge in [0.15, 0.2) is 5.82 Å². The lowest BCUT2D eigenvalue weighted by Crippen LogP contribution is -1.98. The van der Waals surface area contributed by atoms with Gasteiger partial charge in [0.05, 0.1) is 33.3 Å². The second-order valence-corrected chi connectivity index (χ2v) is 15.7. The summed E-state index contributed by atoms with van der Waals surface area (Å²) in [5.41, 5.74) is 10.8. The van der Waals surface area contributed by atoms with Gasteiger partial charge in [-0.25, -0.2) is 9.97 Å². The van der Waals surface area contributed by atoms with E-state index >= 15 is 0 Å². The molecular formula is C56H34N4. The van der Waals surface area contributed by atoms with Crippen LogP contribution in [-0.2, 0) is 0 Å².